The van der Waals surface area contributed by atoms with Crippen molar-refractivity contribution in [2.45, 2.75) is 66.2 Å². The van der Waals surface area contributed by atoms with Gasteiger partial charge in [0.05, 0.1) is 0 Å². The first-order valence-corrected chi connectivity index (χ1v) is 7.52. The van der Waals surface area contributed by atoms with Gasteiger partial charge in [0, 0.05) is 0 Å². The molecular weight excluding hydrogens is 204 g/mol. The predicted octanol–water partition coefficient (Wildman–Crippen LogP) is 5.75. The van der Waals surface area contributed by atoms with E-state index in [2.05, 4.69) is 45.9 Å². The molecule has 17 heavy (non-hydrogen) atoms. The zero-order valence-corrected chi connectivity index (χ0v) is 12.2. The Balaban J connectivity index is 2.75. The molecule has 0 aliphatic heterocycles. The zero-order chi connectivity index (χ0) is 12.7. The maximum Gasteiger partial charge on any atom is -0.0117 e. The summed E-state index contributed by atoms with van der Waals surface area (Å²) in [5.41, 5.74) is 1.71. The predicted molar refractivity (Wildman–Crippen MR) is 78.1 cm³/mol. The fourth-order valence-corrected chi connectivity index (χ4v) is 3.22. The monoisotopic (exact) mass is 234 g/mol. The molecule has 0 heterocycles. The van der Waals surface area contributed by atoms with Crippen LogP contribution in [0.25, 0.3) is 0 Å². The normalized spacial score (nSPS) is 23.1. The summed E-state index contributed by atoms with van der Waals surface area (Å²) in [6, 6.07) is 0. The number of hydrogen-bond acceptors (Lipinski definition) is 0. The third kappa shape index (κ3) is 4.33. The summed E-state index contributed by atoms with van der Waals surface area (Å²) < 4.78 is 0. The van der Waals surface area contributed by atoms with Gasteiger partial charge in [-0.15, -0.1) is 0 Å². The van der Waals surface area contributed by atoms with Crippen molar-refractivity contribution in [3.05, 3.63) is 23.8 Å². The molecule has 0 N–H and O–H groups in total. The topological polar surface area (TPSA) is 0 Å². The minimum absolute atomic E-state index is 0.769. The van der Waals surface area contributed by atoms with Crippen molar-refractivity contribution in [3.63, 3.8) is 0 Å². The smallest absolute Gasteiger partial charge is 0.0117 e. The largest absolute Gasteiger partial charge is 0.0882 e. The zero-order valence-electron chi connectivity index (χ0n) is 12.2. The van der Waals surface area contributed by atoms with Gasteiger partial charge in [-0.05, 0) is 56.8 Å². The lowest BCUT2D eigenvalue weighted by Crippen LogP contribution is -2.22. The molecule has 0 aromatic rings. The van der Waals surface area contributed by atoms with E-state index in [1.165, 1.54) is 38.5 Å². The highest BCUT2D eigenvalue weighted by Crippen LogP contribution is 2.36. The van der Waals surface area contributed by atoms with Gasteiger partial charge in [-0.1, -0.05) is 51.0 Å². The van der Waals surface area contributed by atoms with E-state index in [1.807, 2.05) is 0 Å². The Morgan fingerprint density at radius 1 is 1.41 bits per heavy atom. The van der Waals surface area contributed by atoms with Crippen LogP contribution in [0.15, 0.2) is 23.8 Å². The lowest BCUT2D eigenvalue weighted by molar-refractivity contribution is 0.310. The van der Waals surface area contributed by atoms with E-state index >= 15 is 0 Å². The van der Waals surface area contributed by atoms with Gasteiger partial charge in [0.1, 0.15) is 0 Å². The molecule has 2 atom stereocenters. The number of hydrogen-bond donors (Lipinski definition) is 0. The molecule has 0 fully saturated rings. The first-order chi connectivity index (χ1) is 8.20. The van der Waals surface area contributed by atoms with E-state index in [0.29, 0.717) is 0 Å². The van der Waals surface area contributed by atoms with Crippen LogP contribution in [-0.2, 0) is 0 Å². The van der Waals surface area contributed by atoms with Crippen LogP contribution in [-0.4, -0.2) is 0 Å². The molecule has 0 aromatic carbocycles. The second-order valence-electron chi connectivity index (χ2n) is 5.76. The molecule has 2 unspecified atom stereocenters. The molecule has 0 nitrogen and oxygen atoms in total. The summed E-state index contributed by atoms with van der Waals surface area (Å²) >= 11 is 0. The van der Waals surface area contributed by atoms with Gasteiger partial charge in [-0.25, -0.2) is 0 Å². The third-order valence-corrected chi connectivity index (χ3v) is 4.09. The quantitative estimate of drug-likeness (QED) is 0.513. The Morgan fingerprint density at radius 3 is 2.65 bits per heavy atom. The third-order valence-electron chi connectivity index (χ3n) is 4.09. The molecule has 0 bridgehead atoms. The fraction of sp³-hybridized carbons (Fsp3) is 0.765. The van der Waals surface area contributed by atoms with Crippen molar-refractivity contribution in [3.8, 4) is 0 Å². The number of allylic oxidation sites excluding steroid dienone is 4. The van der Waals surface area contributed by atoms with E-state index in [4.69, 9.17) is 0 Å². The first kappa shape index (κ1) is 14.5. The summed E-state index contributed by atoms with van der Waals surface area (Å²) in [5, 5.41) is 0. The minimum atomic E-state index is 0.769. The molecule has 0 saturated heterocycles. The molecule has 0 radical (unpaired) electrons. The Bertz CT molecular complexity index is 257. The van der Waals surface area contributed by atoms with Crippen LogP contribution in [0.2, 0.25) is 0 Å². The summed E-state index contributed by atoms with van der Waals surface area (Å²) in [7, 11) is 0. The maximum absolute atomic E-state index is 2.49. The van der Waals surface area contributed by atoms with E-state index in [1.54, 1.807) is 5.57 Å². The van der Waals surface area contributed by atoms with Crippen LogP contribution in [0.3, 0.4) is 0 Å². The molecule has 0 aromatic heterocycles. The molecule has 98 valence electrons. The van der Waals surface area contributed by atoms with E-state index < -0.39 is 0 Å². The summed E-state index contributed by atoms with van der Waals surface area (Å²) in [6.45, 7) is 9.30. The minimum Gasteiger partial charge on any atom is -0.0882 e. The van der Waals surface area contributed by atoms with E-state index in [-0.39, 0.29) is 0 Å². The van der Waals surface area contributed by atoms with Crippen molar-refractivity contribution >= 4 is 0 Å². The highest BCUT2D eigenvalue weighted by molar-refractivity contribution is 5.12. The Hall–Kier alpha value is -0.520. The average molecular weight is 234 g/mol. The van der Waals surface area contributed by atoms with Crippen molar-refractivity contribution in [2.24, 2.45) is 17.8 Å². The van der Waals surface area contributed by atoms with Gasteiger partial charge in [-0.3, -0.25) is 0 Å². The maximum atomic E-state index is 2.49. The van der Waals surface area contributed by atoms with Gasteiger partial charge in [0.2, 0.25) is 0 Å². The van der Waals surface area contributed by atoms with Gasteiger partial charge >= 0.3 is 0 Å². The van der Waals surface area contributed by atoms with Crippen LogP contribution in [0.1, 0.15) is 66.2 Å². The highest BCUT2D eigenvalue weighted by atomic mass is 14.3. The first-order valence-electron chi connectivity index (χ1n) is 7.52. The Morgan fingerprint density at radius 2 is 2.18 bits per heavy atom. The number of unbranched alkanes of at least 4 members (excludes halogenated alkanes) is 1. The van der Waals surface area contributed by atoms with Gasteiger partial charge < -0.3 is 0 Å². The van der Waals surface area contributed by atoms with Crippen molar-refractivity contribution in [1.29, 1.82) is 0 Å². The number of rotatable bonds is 6. The van der Waals surface area contributed by atoms with E-state index in [0.717, 1.165) is 17.8 Å². The molecule has 1 aliphatic carbocycles. The van der Waals surface area contributed by atoms with E-state index in [9.17, 15) is 0 Å². The summed E-state index contributed by atoms with van der Waals surface area (Å²) in [6.07, 6.45) is 15.3. The Labute approximate surface area is 108 Å². The van der Waals surface area contributed by atoms with Gasteiger partial charge in [-0.2, -0.15) is 0 Å². The molecule has 0 saturated carbocycles. The van der Waals surface area contributed by atoms with Crippen LogP contribution in [0, 0.1) is 17.8 Å². The summed E-state index contributed by atoms with van der Waals surface area (Å²) in [4.78, 5) is 0. The average Bonchev–Trinajstić information content (AvgIpc) is 2.35. The van der Waals surface area contributed by atoms with Crippen molar-refractivity contribution < 1.29 is 0 Å². The lowest BCUT2D eigenvalue weighted by atomic mass is 9.73. The van der Waals surface area contributed by atoms with Crippen LogP contribution >= 0.6 is 0 Å². The molecule has 1 aliphatic rings. The fourth-order valence-electron chi connectivity index (χ4n) is 3.22. The Kier molecular flexibility index (Phi) is 6.62. The van der Waals surface area contributed by atoms with Gasteiger partial charge in [0.15, 0.2) is 0 Å². The standard InChI is InChI=1S/C17H30/c1-5-7-11-15(6-2)17(14(3)4)16-12-9-8-10-13-16/h6,9,12,14,16-17H,5,7-8,10-11,13H2,1-4H3/b15-6+. The van der Waals surface area contributed by atoms with Crippen molar-refractivity contribution in [2.75, 3.05) is 0 Å². The second-order valence-corrected chi connectivity index (χ2v) is 5.76. The molecule has 0 heteroatoms. The molecule has 0 amide bonds. The molecule has 1 rings (SSSR count). The molecular formula is C17H30. The van der Waals surface area contributed by atoms with Crippen LogP contribution in [0.5, 0.6) is 0 Å². The highest BCUT2D eigenvalue weighted by Gasteiger charge is 2.26. The van der Waals surface area contributed by atoms with Crippen molar-refractivity contribution in [1.82, 2.24) is 0 Å². The molecule has 0 spiro atoms. The summed E-state index contributed by atoms with van der Waals surface area (Å²) in [5.74, 6) is 2.35. The lowest BCUT2D eigenvalue weighted by Gasteiger charge is -2.32. The van der Waals surface area contributed by atoms with Crippen LogP contribution in [0.4, 0.5) is 0 Å². The van der Waals surface area contributed by atoms with Crippen LogP contribution < -0.4 is 0 Å². The SMILES string of the molecule is C/C=C(\CCCC)C(C(C)C)C1C=CCCC1. The van der Waals surface area contributed by atoms with Gasteiger partial charge in [0.25, 0.3) is 0 Å². The second kappa shape index (κ2) is 7.74.